The van der Waals surface area contributed by atoms with Gasteiger partial charge in [0.15, 0.2) is 0 Å². The fourth-order valence-corrected chi connectivity index (χ4v) is 4.66. The largest absolute Gasteiger partial charge is 0.462 e. The zero-order valence-electron chi connectivity index (χ0n) is 23.0. The summed E-state index contributed by atoms with van der Waals surface area (Å²) in [4.78, 5) is 45.1. The summed E-state index contributed by atoms with van der Waals surface area (Å²) < 4.78 is 44.2. The van der Waals surface area contributed by atoms with Crippen LogP contribution in [0.5, 0.6) is 0 Å². The molecule has 41 heavy (non-hydrogen) atoms. The average Bonchev–Trinajstić information content (AvgIpc) is 2.90. The third-order valence-corrected chi connectivity index (χ3v) is 7.01. The first-order chi connectivity index (χ1) is 19.2. The van der Waals surface area contributed by atoms with Crippen LogP contribution >= 0.6 is 11.6 Å². The minimum Gasteiger partial charge on any atom is -0.462 e. The number of carbonyl (C=O) groups excluding carboxylic acids is 2. The molecule has 0 N–H and O–H groups in total. The first kappa shape index (κ1) is 31.6. The third kappa shape index (κ3) is 7.06. The van der Waals surface area contributed by atoms with Crippen LogP contribution < -0.4 is 0 Å². The van der Waals surface area contributed by atoms with Crippen LogP contribution in [0.25, 0.3) is 0 Å². The lowest BCUT2D eigenvalue weighted by Gasteiger charge is -2.36. The molecular formula is C28H29ClF3N3O6. The molecule has 13 heteroatoms. The number of hydroxylamine groups is 2. The van der Waals surface area contributed by atoms with E-state index >= 15 is 0 Å². The van der Waals surface area contributed by atoms with Crippen molar-refractivity contribution in [3.63, 3.8) is 0 Å². The summed E-state index contributed by atoms with van der Waals surface area (Å²) in [6.45, 7) is 5.16. The van der Waals surface area contributed by atoms with Gasteiger partial charge in [0, 0.05) is 42.6 Å². The number of esters is 1. The van der Waals surface area contributed by atoms with Crippen LogP contribution in [-0.4, -0.2) is 47.5 Å². The Hall–Kier alpha value is -3.90. The standard InChI is InChI=1S/C28H29ClF3N3O6/c1-6-13-40-26(36)23-16(2)34(5)17(3)24(25(23)21-14-20(35(38)39)11-12-22(21)29)27(37)41-33(4)15-18-7-9-19(10-8-18)28(30,31)32/h7-12,14,25H,6,13,15H2,1-5H3. The molecule has 3 rings (SSSR count). The quantitative estimate of drug-likeness (QED) is 0.187. The van der Waals surface area contributed by atoms with Crippen LogP contribution in [-0.2, 0) is 31.9 Å². The highest BCUT2D eigenvalue weighted by Crippen LogP contribution is 2.45. The molecule has 1 unspecified atom stereocenters. The molecule has 0 fully saturated rings. The Morgan fingerprint density at radius 1 is 1.07 bits per heavy atom. The van der Waals surface area contributed by atoms with Crippen molar-refractivity contribution >= 4 is 29.2 Å². The van der Waals surface area contributed by atoms with E-state index in [2.05, 4.69) is 0 Å². The van der Waals surface area contributed by atoms with E-state index in [-0.39, 0.29) is 40.6 Å². The van der Waals surface area contributed by atoms with Crippen LogP contribution in [0.2, 0.25) is 5.02 Å². The topological polar surface area (TPSA) is 102 Å². The number of halogens is 4. The van der Waals surface area contributed by atoms with Crippen LogP contribution in [0.4, 0.5) is 18.9 Å². The molecule has 0 aromatic heterocycles. The molecule has 2 aromatic carbocycles. The van der Waals surface area contributed by atoms with Crippen LogP contribution in [0.3, 0.4) is 0 Å². The van der Waals surface area contributed by atoms with Crippen LogP contribution in [0.1, 0.15) is 49.8 Å². The normalized spacial score (nSPS) is 15.9. The van der Waals surface area contributed by atoms with Gasteiger partial charge in [-0.3, -0.25) is 10.1 Å². The molecule has 0 radical (unpaired) electrons. The molecule has 1 aliphatic heterocycles. The van der Waals surface area contributed by atoms with Gasteiger partial charge in [0.1, 0.15) is 0 Å². The van der Waals surface area contributed by atoms with Crippen molar-refractivity contribution in [2.45, 2.75) is 45.8 Å². The summed E-state index contributed by atoms with van der Waals surface area (Å²) >= 11 is 6.49. The first-order valence-electron chi connectivity index (χ1n) is 12.5. The Morgan fingerprint density at radius 2 is 1.66 bits per heavy atom. The fraction of sp³-hybridized carbons (Fsp3) is 0.357. The summed E-state index contributed by atoms with van der Waals surface area (Å²) in [5, 5.41) is 12.8. The number of hydrogen-bond donors (Lipinski definition) is 0. The van der Waals surface area contributed by atoms with E-state index < -0.39 is 34.5 Å². The van der Waals surface area contributed by atoms with Crippen molar-refractivity contribution < 1.29 is 37.3 Å². The van der Waals surface area contributed by atoms with E-state index in [1.807, 2.05) is 6.92 Å². The number of hydrogen-bond acceptors (Lipinski definition) is 8. The van der Waals surface area contributed by atoms with Crippen LogP contribution in [0.15, 0.2) is 65.0 Å². The molecule has 9 nitrogen and oxygen atoms in total. The number of carbonyl (C=O) groups is 2. The highest BCUT2D eigenvalue weighted by Gasteiger charge is 2.41. The molecule has 0 amide bonds. The third-order valence-electron chi connectivity index (χ3n) is 6.67. The number of rotatable bonds is 9. The van der Waals surface area contributed by atoms with Crippen molar-refractivity contribution in [2.75, 3.05) is 20.7 Å². The molecular weight excluding hydrogens is 567 g/mol. The minimum absolute atomic E-state index is 0.0109. The van der Waals surface area contributed by atoms with E-state index in [0.717, 1.165) is 17.2 Å². The maximum atomic E-state index is 13.7. The van der Waals surface area contributed by atoms with E-state index in [9.17, 15) is 32.9 Å². The summed E-state index contributed by atoms with van der Waals surface area (Å²) in [6.07, 6.45) is -3.95. The molecule has 0 spiro atoms. The van der Waals surface area contributed by atoms with Gasteiger partial charge < -0.3 is 14.5 Å². The molecule has 0 saturated carbocycles. The molecule has 1 aliphatic rings. The maximum Gasteiger partial charge on any atom is 0.416 e. The van der Waals surface area contributed by atoms with Gasteiger partial charge in [-0.25, -0.2) is 9.59 Å². The summed E-state index contributed by atoms with van der Waals surface area (Å²) in [5.41, 5.74) is 0.363. The van der Waals surface area contributed by atoms with Crippen LogP contribution in [0, 0.1) is 10.1 Å². The predicted molar refractivity (Wildman–Crippen MR) is 144 cm³/mol. The van der Waals surface area contributed by atoms with Gasteiger partial charge in [-0.15, -0.1) is 5.06 Å². The van der Waals surface area contributed by atoms with Gasteiger partial charge in [0.05, 0.1) is 40.7 Å². The van der Waals surface area contributed by atoms with Gasteiger partial charge >= 0.3 is 18.1 Å². The van der Waals surface area contributed by atoms with E-state index in [4.69, 9.17) is 21.2 Å². The number of alkyl halides is 3. The highest BCUT2D eigenvalue weighted by molar-refractivity contribution is 6.31. The van der Waals surface area contributed by atoms with Gasteiger partial charge in [0.2, 0.25) is 0 Å². The van der Waals surface area contributed by atoms with E-state index in [0.29, 0.717) is 23.4 Å². The second kappa shape index (κ2) is 12.7. The minimum atomic E-state index is -4.49. The number of allylic oxidation sites excluding steroid dienone is 2. The van der Waals surface area contributed by atoms with Crippen molar-refractivity contribution in [2.24, 2.45) is 0 Å². The zero-order chi connectivity index (χ0) is 30.6. The average molecular weight is 596 g/mol. The molecule has 1 atom stereocenters. The van der Waals surface area contributed by atoms with Crippen molar-refractivity contribution in [1.82, 2.24) is 9.96 Å². The van der Waals surface area contributed by atoms with E-state index in [1.54, 1.807) is 25.8 Å². The van der Waals surface area contributed by atoms with Crippen molar-refractivity contribution in [1.29, 1.82) is 0 Å². The van der Waals surface area contributed by atoms with Gasteiger partial charge in [-0.2, -0.15) is 13.2 Å². The molecule has 0 saturated heterocycles. The molecule has 220 valence electrons. The maximum absolute atomic E-state index is 13.7. The number of nitrogens with zero attached hydrogens (tertiary/aromatic N) is 3. The SMILES string of the molecule is CCCOC(=O)C1=C(C)N(C)C(C)=C(C(=O)ON(C)Cc2ccc(C(F)(F)F)cc2)C1c1cc([N+](=O)[O-])ccc1Cl. The number of nitro benzene ring substituents is 1. The Bertz CT molecular complexity index is 1410. The van der Waals surface area contributed by atoms with E-state index in [1.165, 1.54) is 37.4 Å². The second-order valence-corrected chi connectivity index (χ2v) is 9.86. The van der Waals surface area contributed by atoms with Crippen molar-refractivity contribution in [3.05, 3.63) is 96.8 Å². The van der Waals surface area contributed by atoms with Crippen molar-refractivity contribution in [3.8, 4) is 0 Å². The smallest absolute Gasteiger partial charge is 0.416 e. The molecule has 1 heterocycles. The Morgan fingerprint density at radius 3 is 2.20 bits per heavy atom. The monoisotopic (exact) mass is 595 g/mol. The van der Waals surface area contributed by atoms with Gasteiger partial charge in [-0.1, -0.05) is 30.7 Å². The molecule has 0 aliphatic carbocycles. The second-order valence-electron chi connectivity index (χ2n) is 9.45. The first-order valence-corrected chi connectivity index (χ1v) is 12.9. The number of benzene rings is 2. The Balaban J connectivity index is 2.04. The zero-order valence-corrected chi connectivity index (χ0v) is 23.8. The van der Waals surface area contributed by atoms with Gasteiger partial charge in [-0.05, 0) is 49.6 Å². The lowest BCUT2D eigenvalue weighted by molar-refractivity contribution is -0.384. The number of non-ortho nitro benzene ring substituents is 1. The summed E-state index contributed by atoms with van der Waals surface area (Å²) in [6, 6.07) is 8.11. The summed E-state index contributed by atoms with van der Waals surface area (Å²) in [7, 11) is 3.06. The molecule has 2 aromatic rings. The summed E-state index contributed by atoms with van der Waals surface area (Å²) in [5.74, 6) is -2.78. The lowest BCUT2D eigenvalue weighted by atomic mass is 9.79. The highest BCUT2D eigenvalue weighted by atomic mass is 35.5. The lowest BCUT2D eigenvalue weighted by Crippen LogP contribution is -2.35. The predicted octanol–water partition coefficient (Wildman–Crippen LogP) is 6.39. The Labute approximate surface area is 239 Å². The van der Waals surface area contributed by atoms with Gasteiger partial charge in [0.25, 0.3) is 5.69 Å². The number of ether oxygens (including phenoxy) is 1. The Kier molecular flexibility index (Phi) is 9.82. The fourth-order valence-electron chi connectivity index (χ4n) is 4.43. The molecule has 0 bridgehead atoms. The number of nitro groups is 1.